The van der Waals surface area contributed by atoms with Crippen molar-refractivity contribution >= 4 is 0 Å². The van der Waals surface area contributed by atoms with Gasteiger partial charge in [-0.2, -0.15) is 0 Å². The highest BCUT2D eigenvalue weighted by Gasteiger charge is 2.38. The Morgan fingerprint density at radius 3 is 2.79 bits per heavy atom. The summed E-state index contributed by atoms with van der Waals surface area (Å²) in [6.07, 6.45) is 9.31. The second-order valence-electron chi connectivity index (χ2n) is 6.87. The molecule has 0 aromatic heterocycles. The highest BCUT2D eigenvalue weighted by molar-refractivity contribution is 4.96. The van der Waals surface area contributed by atoms with E-state index in [4.69, 9.17) is 10.5 Å². The first-order chi connectivity index (χ1) is 9.20. The number of ether oxygens (including phenoxy) is 1. The monoisotopic (exact) mass is 268 g/mol. The summed E-state index contributed by atoms with van der Waals surface area (Å²) in [6.45, 7) is 6.58. The standard InChI is InChI=1S/C16H32N2O/c1-14-5-3-8-16(13-17,9-7-14)18-10-4-6-15(11-18)12-19-2/h14-15H,3-13,17H2,1-2H3. The van der Waals surface area contributed by atoms with E-state index in [-0.39, 0.29) is 5.54 Å². The maximum atomic E-state index is 6.23. The highest BCUT2D eigenvalue weighted by atomic mass is 16.5. The van der Waals surface area contributed by atoms with E-state index in [2.05, 4.69) is 11.8 Å². The molecule has 0 radical (unpaired) electrons. The van der Waals surface area contributed by atoms with Crippen molar-refractivity contribution in [1.82, 2.24) is 4.90 Å². The van der Waals surface area contributed by atoms with Crippen molar-refractivity contribution in [2.75, 3.05) is 33.4 Å². The minimum atomic E-state index is 0.289. The van der Waals surface area contributed by atoms with Crippen LogP contribution in [0.3, 0.4) is 0 Å². The van der Waals surface area contributed by atoms with Gasteiger partial charge in [0, 0.05) is 25.7 Å². The van der Waals surface area contributed by atoms with Gasteiger partial charge in [-0.05, 0) is 50.5 Å². The maximum Gasteiger partial charge on any atom is 0.0502 e. The lowest BCUT2D eigenvalue weighted by molar-refractivity contribution is 0.0134. The first-order valence-electron chi connectivity index (χ1n) is 8.14. The SMILES string of the molecule is COCC1CCCN(C2(CN)CCCC(C)CC2)C1. The predicted molar refractivity (Wildman–Crippen MR) is 80.2 cm³/mol. The molecule has 0 amide bonds. The fourth-order valence-electron chi connectivity index (χ4n) is 4.08. The van der Waals surface area contributed by atoms with Gasteiger partial charge in [0.15, 0.2) is 0 Å². The second-order valence-corrected chi connectivity index (χ2v) is 6.87. The third-order valence-corrected chi connectivity index (χ3v) is 5.41. The van der Waals surface area contributed by atoms with Crippen LogP contribution >= 0.6 is 0 Å². The number of piperidine rings is 1. The van der Waals surface area contributed by atoms with Gasteiger partial charge in [0.2, 0.25) is 0 Å². The molecule has 2 N–H and O–H groups in total. The predicted octanol–water partition coefficient (Wildman–Crippen LogP) is 2.64. The normalized spacial score (nSPS) is 38.1. The molecule has 1 aliphatic heterocycles. The Bertz CT molecular complexity index is 269. The molecule has 1 saturated heterocycles. The number of hydrogen-bond donors (Lipinski definition) is 1. The summed E-state index contributed by atoms with van der Waals surface area (Å²) < 4.78 is 5.37. The van der Waals surface area contributed by atoms with Crippen LogP contribution in [0.1, 0.15) is 51.9 Å². The first-order valence-corrected chi connectivity index (χ1v) is 8.14. The Balaban J connectivity index is 2.02. The van der Waals surface area contributed by atoms with Gasteiger partial charge in [0.25, 0.3) is 0 Å². The average molecular weight is 268 g/mol. The van der Waals surface area contributed by atoms with Crippen LogP contribution in [0.2, 0.25) is 0 Å². The topological polar surface area (TPSA) is 38.5 Å². The Hall–Kier alpha value is -0.120. The number of rotatable bonds is 4. The molecule has 2 fully saturated rings. The molecule has 2 rings (SSSR count). The van der Waals surface area contributed by atoms with Crippen molar-refractivity contribution in [3.05, 3.63) is 0 Å². The molecule has 0 bridgehead atoms. The smallest absolute Gasteiger partial charge is 0.0502 e. The van der Waals surface area contributed by atoms with Gasteiger partial charge in [0.05, 0.1) is 6.61 Å². The average Bonchev–Trinajstić information content (AvgIpc) is 2.62. The highest BCUT2D eigenvalue weighted by Crippen LogP contribution is 2.36. The van der Waals surface area contributed by atoms with Crippen molar-refractivity contribution in [2.45, 2.75) is 57.4 Å². The summed E-state index contributed by atoms with van der Waals surface area (Å²) >= 11 is 0. The maximum absolute atomic E-state index is 6.23. The van der Waals surface area contributed by atoms with Crippen molar-refractivity contribution < 1.29 is 4.74 Å². The van der Waals surface area contributed by atoms with E-state index >= 15 is 0 Å². The third kappa shape index (κ3) is 3.71. The zero-order valence-corrected chi connectivity index (χ0v) is 12.9. The van der Waals surface area contributed by atoms with Gasteiger partial charge in [-0.1, -0.05) is 19.8 Å². The Labute approximate surface area is 118 Å². The quantitative estimate of drug-likeness (QED) is 0.797. The second kappa shape index (κ2) is 7.05. The van der Waals surface area contributed by atoms with Gasteiger partial charge in [0.1, 0.15) is 0 Å². The van der Waals surface area contributed by atoms with E-state index in [1.165, 1.54) is 58.0 Å². The largest absolute Gasteiger partial charge is 0.384 e. The summed E-state index contributed by atoms with van der Waals surface area (Å²) in [5.74, 6) is 1.59. The first kappa shape index (κ1) is 15.3. The molecule has 0 aromatic carbocycles. The van der Waals surface area contributed by atoms with Crippen LogP contribution in [-0.2, 0) is 4.74 Å². The third-order valence-electron chi connectivity index (χ3n) is 5.41. The van der Waals surface area contributed by atoms with Gasteiger partial charge in [-0.25, -0.2) is 0 Å². The molecule has 112 valence electrons. The molecular formula is C16H32N2O. The van der Waals surface area contributed by atoms with Crippen LogP contribution < -0.4 is 5.73 Å². The minimum Gasteiger partial charge on any atom is -0.384 e. The summed E-state index contributed by atoms with van der Waals surface area (Å²) in [7, 11) is 1.82. The molecule has 1 saturated carbocycles. The Morgan fingerprint density at radius 2 is 2.05 bits per heavy atom. The van der Waals surface area contributed by atoms with E-state index in [0.717, 1.165) is 19.1 Å². The van der Waals surface area contributed by atoms with Crippen molar-refractivity contribution in [3.8, 4) is 0 Å². The van der Waals surface area contributed by atoms with Crippen molar-refractivity contribution in [3.63, 3.8) is 0 Å². The molecule has 19 heavy (non-hydrogen) atoms. The lowest BCUT2D eigenvalue weighted by Gasteiger charge is -2.47. The summed E-state index contributed by atoms with van der Waals surface area (Å²) in [6, 6.07) is 0. The van der Waals surface area contributed by atoms with E-state index in [1.54, 1.807) is 0 Å². The molecule has 0 aromatic rings. The van der Waals surface area contributed by atoms with Crippen molar-refractivity contribution in [2.24, 2.45) is 17.6 Å². The number of nitrogens with two attached hydrogens (primary N) is 1. The summed E-state index contributed by atoms with van der Waals surface area (Å²) in [5, 5.41) is 0. The zero-order valence-electron chi connectivity index (χ0n) is 12.9. The van der Waals surface area contributed by atoms with E-state index < -0.39 is 0 Å². The van der Waals surface area contributed by atoms with Crippen LogP contribution in [0.5, 0.6) is 0 Å². The van der Waals surface area contributed by atoms with E-state index in [9.17, 15) is 0 Å². The lowest BCUT2D eigenvalue weighted by atomic mass is 9.84. The Morgan fingerprint density at radius 1 is 1.21 bits per heavy atom. The fourth-order valence-corrected chi connectivity index (χ4v) is 4.08. The van der Waals surface area contributed by atoms with Gasteiger partial charge < -0.3 is 10.5 Å². The molecular weight excluding hydrogens is 236 g/mol. The number of nitrogens with zero attached hydrogens (tertiary/aromatic N) is 1. The van der Waals surface area contributed by atoms with Crippen LogP contribution in [0.15, 0.2) is 0 Å². The molecule has 2 aliphatic rings. The van der Waals surface area contributed by atoms with Gasteiger partial charge in [-0.3, -0.25) is 4.90 Å². The van der Waals surface area contributed by atoms with Gasteiger partial charge >= 0.3 is 0 Å². The van der Waals surface area contributed by atoms with Crippen LogP contribution in [0.25, 0.3) is 0 Å². The number of likely N-dealkylation sites (tertiary alicyclic amines) is 1. The molecule has 3 unspecified atom stereocenters. The van der Waals surface area contributed by atoms with E-state index in [0.29, 0.717) is 5.92 Å². The summed E-state index contributed by atoms with van der Waals surface area (Å²) in [5.41, 5.74) is 6.52. The molecule has 0 spiro atoms. The Kier molecular flexibility index (Phi) is 5.67. The summed E-state index contributed by atoms with van der Waals surface area (Å²) in [4.78, 5) is 2.72. The van der Waals surface area contributed by atoms with Crippen molar-refractivity contribution in [1.29, 1.82) is 0 Å². The minimum absolute atomic E-state index is 0.289. The van der Waals surface area contributed by atoms with E-state index in [1.807, 2.05) is 7.11 Å². The van der Waals surface area contributed by atoms with Gasteiger partial charge in [-0.15, -0.1) is 0 Å². The zero-order chi connectivity index (χ0) is 13.7. The number of methoxy groups -OCH3 is 1. The molecule has 1 aliphatic carbocycles. The molecule has 3 heteroatoms. The molecule has 3 atom stereocenters. The molecule has 3 nitrogen and oxygen atoms in total. The fraction of sp³-hybridized carbons (Fsp3) is 1.00. The molecule has 1 heterocycles. The van der Waals surface area contributed by atoms with Crippen LogP contribution in [0, 0.1) is 11.8 Å². The van der Waals surface area contributed by atoms with Crippen LogP contribution in [0.4, 0.5) is 0 Å². The lowest BCUT2D eigenvalue weighted by Crippen LogP contribution is -2.57. The van der Waals surface area contributed by atoms with Crippen LogP contribution in [-0.4, -0.2) is 43.8 Å². The number of hydrogen-bond acceptors (Lipinski definition) is 3.